The van der Waals surface area contributed by atoms with E-state index in [-0.39, 0.29) is 11.6 Å². The van der Waals surface area contributed by atoms with Gasteiger partial charge in [0.2, 0.25) is 0 Å². The number of methoxy groups -OCH3 is 1. The van der Waals surface area contributed by atoms with Crippen LogP contribution in [0.3, 0.4) is 0 Å². The lowest BCUT2D eigenvalue weighted by Crippen LogP contribution is -2.16. The van der Waals surface area contributed by atoms with Crippen LogP contribution < -0.4 is 5.32 Å². The summed E-state index contributed by atoms with van der Waals surface area (Å²) in [5.41, 5.74) is 0.984. The van der Waals surface area contributed by atoms with E-state index in [1.807, 2.05) is 0 Å². The van der Waals surface area contributed by atoms with Gasteiger partial charge >= 0.3 is 5.97 Å². The number of amides is 1. The van der Waals surface area contributed by atoms with Gasteiger partial charge in [0.15, 0.2) is 5.69 Å². The molecule has 20 heavy (non-hydrogen) atoms. The maximum absolute atomic E-state index is 12.1. The van der Waals surface area contributed by atoms with Gasteiger partial charge < -0.3 is 10.1 Å². The number of nitrogens with zero attached hydrogens (tertiary/aromatic N) is 2. The van der Waals surface area contributed by atoms with Crippen LogP contribution in [-0.4, -0.2) is 28.8 Å². The molecule has 0 bridgehead atoms. The second kappa shape index (κ2) is 5.87. The maximum Gasteiger partial charge on any atom is 0.358 e. The van der Waals surface area contributed by atoms with Crippen LogP contribution in [0, 0.1) is 0 Å². The molecule has 1 amide bonds. The Kier molecular flexibility index (Phi) is 4.19. The molecule has 1 heterocycles. The summed E-state index contributed by atoms with van der Waals surface area (Å²) in [7, 11) is 2.87. The van der Waals surface area contributed by atoms with Crippen LogP contribution in [0.25, 0.3) is 0 Å². The van der Waals surface area contributed by atoms with E-state index in [0.717, 1.165) is 4.47 Å². The zero-order valence-corrected chi connectivity index (χ0v) is 12.5. The smallest absolute Gasteiger partial charge is 0.358 e. The van der Waals surface area contributed by atoms with E-state index < -0.39 is 5.97 Å². The summed E-state index contributed by atoms with van der Waals surface area (Å²) in [5, 5.41) is 6.58. The molecule has 0 saturated heterocycles. The Balaban J connectivity index is 2.24. The fourth-order valence-corrected chi connectivity index (χ4v) is 1.93. The monoisotopic (exact) mass is 337 g/mol. The zero-order chi connectivity index (χ0) is 14.7. The summed E-state index contributed by atoms with van der Waals surface area (Å²) in [5.74, 6) is -0.883. The van der Waals surface area contributed by atoms with E-state index in [4.69, 9.17) is 0 Å². The molecule has 2 aromatic rings. The number of carbonyl (C=O) groups excluding carboxylic acids is 2. The van der Waals surface area contributed by atoms with Crippen molar-refractivity contribution >= 4 is 33.5 Å². The predicted octanol–water partition coefficient (Wildman–Crippen LogP) is 2.22. The van der Waals surface area contributed by atoms with Crippen molar-refractivity contribution in [2.45, 2.75) is 0 Å². The van der Waals surface area contributed by atoms with Crippen LogP contribution in [0.15, 0.2) is 34.9 Å². The molecule has 0 aliphatic rings. The number of aryl methyl sites for hydroxylation is 1. The molecule has 0 aliphatic heterocycles. The highest BCUT2D eigenvalue weighted by Crippen LogP contribution is 2.17. The van der Waals surface area contributed by atoms with Crippen molar-refractivity contribution in [3.63, 3.8) is 0 Å². The van der Waals surface area contributed by atoms with Gasteiger partial charge in [0, 0.05) is 17.1 Å². The molecular formula is C13H12BrN3O3. The quantitative estimate of drug-likeness (QED) is 0.871. The first kappa shape index (κ1) is 14.3. The van der Waals surface area contributed by atoms with Gasteiger partial charge in [-0.05, 0) is 24.3 Å². The SMILES string of the molecule is COC(=O)c1c(NC(=O)c2ccc(Br)cc2)cnn1C. The van der Waals surface area contributed by atoms with Crippen molar-refractivity contribution < 1.29 is 14.3 Å². The Hall–Kier alpha value is -2.15. The molecule has 0 spiro atoms. The van der Waals surface area contributed by atoms with E-state index in [1.165, 1.54) is 18.0 Å². The highest BCUT2D eigenvalue weighted by atomic mass is 79.9. The maximum atomic E-state index is 12.1. The molecule has 1 aromatic carbocycles. The Labute approximate surface area is 123 Å². The highest BCUT2D eigenvalue weighted by Gasteiger charge is 2.19. The molecule has 6 nitrogen and oxygen atoms in total. The number of ether oxygens (including phenoxy) is 1. The standard InChI is InChI=1S/C13H12BrN3O3/c1-17-11(13(19)20-2)10(7-15-17)16-12(18)8-3-5-9(14)6-4-8/h3-7H,1-2H3,(H,16,18). The van der Waals surface area contributed by atoms with Crippen molar-refractivity contribution in [3.8, 4) is 0 Å². The summed E-state index contributed by atoms with van der Waals surface area (Å²) in [4.78, 5) is 23.7. The van der Waals surface area contributed by atoms with E-state index in [1.54, 1.807) is 31.3 Å². The molecule has 0 fully saturated rings. The largest absolute Gasteiger partial charge is 0.464 e. The molecule has 0 unspecified atom stereocenters. The average Bonchev–Trinajstić information content (AvgIpc) is 2.79. The molecule has 1 N–H and O–H groups in total. The number of hydrogen-bond donors (Lipinski definition) is 1. The Morgan fingerprint density at radius 2 is 1.95 bits per heavy atom. The molecular weight excluding hydrogens is 326 g/mol. The number of benzene rings is 1. The normalized spacial score (nSPS) is 10.2. The van der Waals surface area contributed by atoms with Crippen molar-refractivity contribution in [1.82, 2.24) is 9.78 Å². The Morgan fingerprint density at radius 3 is 2.55 bits per heavy atom. The summed E-state index contributed by atoms with van der Waals surface area (Å²) >= 11 is 3.30. The minimum atomic E-state index is -0.559. The number of nitrogens with one attached hydrogen (secondary N) is 1. The fourth-order valence-electron chi connectivity index (χ4n) is 1.66. The van der Waals surface area contributed by atoms with E-state index in [9.17, 15) is 9.59 Å². The van der Waals surface area contributed by atoms with Gasteiger partial charge in [0.1, 0.15) is 0 Å². The van der Waals surface area contributed by atoms with Crippen molar-refractivity contribution in [3.05, 3.63) is 46.2 Å². The molecule has 0 aliphatic carbocycles. The van der Waals surface area contributed by atoms with Crippen LogP contribution in [-0.2, 0) is 11.8 Å². The van der Waals surface area contributed by atoms with Crippen molar-refractivity contribution in [2.24, 2.45) is 7.05 Å². The second-order valence-corrected chi connectivity index (χ2v) is 4.90. The third-order valence-corrected chi connectivity index (χ3v) is 3.20. The van der Waals surface area contributed by atoms with Crippen molar-refractivity contribution in [1.29, 1.82) is 0 Å². The zero-order valence-electron chi connectivity index (χ0n) is 10.9. The highest BCUT2D eigenvalue weighted by molar-refractivity contribution is 9.10. The molecule has 7 heteroatoms. The van der Waals surface area contributed by atoms with Crippen molar-refractivity contribution in [2.75, 3.05) is 12.4 Å². The lowest BCUT2D eigenvalue weighted by Gasteiger charge is -2.06. The molecule has 104 valence electrons. The van der Waals surface area contributed by atoms with Crippen LogP contribution in [0.2, 0.25) is 0 Å². The van der Waals surface area contributed by atoms with E-state index >= 15 is 0 Å². The minimum Gasteiger partial charge on any atom is -0.464 e. The van der Waals surface area contributed by atoms with Gasteiger partial charge in [-0.1, -0.05) is 15.9 Å². The van der Waals surface area contributed by atoms with Gasteiger partial charge in [0.05, 0.1) is 19.0 Å². The van der Waals surface area contributed by atoms with E-state index in [0.29, 0.717) is 11.3 Å². The number of anilines is 1. The number of aromatic nitrogens is 2. The predicted molar refractivity (Wildman–Crippen MR) is 76.6 cm³/mol. The third-order valence-electron chi connectivity index (χ3n) is 2.67. The van der Waals surface area contributed by atoms with Gasteiger partial charge in [0.25, 0.3) is 5.91 Å². The Morgan fingerprint density at radius 1 is 1.30 bits per heavy atom. The summed E-state index contributed by atoms with van der Waals surface area (Å²) in [6.07, 6.45) is 1.41. The number of halogens is 1. The van der Waals surface area contributed by atoms with Gasteiger partial charge in [-0.3, -0.25) is 9.48 Å². The van der Waals surface area contributed by atoms with Gasteiger partial charge in [-0.15, -0.1) is 0 Å². The van der Waals surface area contributed by atoms with Crippen LogP contribution in [0.1, 0.15) is 20.8 Å². The van der Waals surface area contributed by atoms with Crippen LogP contribution in [0.5, 0.6) is 0 Å². The van der Waals surface area contributed by atoms with Crippen LogP contribution >= 0.6 is 15.9 Å². The topological polar surface area (TPSA) is 73.2 Å². The number of hydrogen-bond acceptors (Lipinski definition) is 4. The summed E-state index contributed by atoms with van der Waals surface area (Å²) in [6, 6.07) is 6.87. The lowest BCUT2D eigenvalue weighted by atomic mass is 10.2. The number of esters is 1. The second-order valence-electron chi connectivity index (χ2n) is 3.98. The number of rotatable bonds is 3. The Bertz CT molecular complexity index is 649. The van der Waals surface area contributed by atoms with Gasteiger partial charge in [-0.2, -0.15) is 5.10 Å². The molecule has 0 atom stereocenters. The summed E-state index contributed by atoms with van der Waals surface area (Å²) < 4.78 is 6.89. The van der Waals surface area contributed by atoms with Gasteiger partial charge in [-0.25, -0.2) is 4.79 Å². The van der Waals surface area contributed by atoms with Crippen LogP contribution in [0.4, 0.5) is 5.69 Å². The first-order valence-corrected chi connectivity index (χ1v) is 6.49. The fraction of sp³-hybridized carbons (Fsp3) is 0.154. The minimum absolute atomic E-state index is 0.193. The average molecular weight is 338 g/mol. The molecule has 0 saturated carbocycles. The molecule has 1 aromatic heterocycles. The third kappa shape index (κ3) is 2.88. The first-order chi connectivity index (χ1) is 9.52. The summed E-state index contributed by atoms with van der Waals surface area (Å²) in [6.45, 7) is 0. The van der Waals surface area contributed by atoms with E-state index in [2.05, 4.69) is 31.1 Å². The lowest BCUT2D eigenvalue weighted by molar-refractivity contribution is 0.0589. The molecule has 0 radical (unpaired) electrons. The first-order valence-electron chi connectivity index (χ1n) is 5.70. The number of carbonyl (C=O) groups is 2. The molecule has 2 rings (SSSR count).